The van der Waals surface area contributed by atoms with Gasteiger partial charge < -0.3 is 25.1 Å². The average Bonchev–Trinajstić information content (AvgIpc) is 3.37. The number of nitrogens with two attached hydrogens (primary N) is 1. The molecule has 3 rings (SSSR count). The van der Waals surface area contributed by atoms with Gasteiger partial charge in [0.1, 0.15) is 24.5 Å². The molecule has 2 heterocycles. The number of ether oxygens (including phenoxy) is 1. The molecule has 1 saturated heterocycles. The molecule has 0 bridgehead atoms. The molecule has 0 spiro atoms. The Labute approximate surface area is 198 Å². The number of likely N-dealkylation sites (N-methyl/N-ethyl adjacent to an activating group) is 1. The van der Waals surface area contributed by atoms with Gasteiger partial charge in [-0.25, -0.2) is 0 Å². The molecule has 3 atom stereocenters. The van der Waals surface area contributed by atoms with Gasteiger partial charge in [-0.2, -0.15) is 0 Å². The van der Waals surface area contributed by atoms with Crippen LogP contribution in [-0.4, -0.2) is 60.2 Å². The van der Waals surface area contributed by atoms with Crippen molar-refractivity contribution in [2.75, 3.05) is 13.7 Å². The lowest BCUT2D eigenvalue weighted by atomic mass is 9.79. The van der Waals surface area contributed by atoms with Gasteiger partial charge in [-0.15, -0.1) is 0 Å². The molecular weight excluding hydrogens is 438 g/mol. The molecular formula is C25H31N3O6. The first kappa shape index (κ1) is 25.2. The second-order valence-corrected chi connectivity index (χ2v) is 9.44. The summed E-state index contributed by atoms with van der Waals surface area (Å²) in [5.74, 6) is -1.79. The molecule has 3 amide bonds. The number of ketones is 1. The number of hydrogen-bond acceptors (Lipinski definition) is 6. The van der Waals surface area contributed by atoms with Crippen LogP contribution in [0, 0.1) is 12.3 Å². The molecule has 1 fully saturated rings. The van der Waals surface area contributed by atoms with E-state index in [4.69, 9.17) is 14.9 Å². The number of amides is 3. The number of aryl methyl sites for hydroxylation is 1. The zero-order chi connectivity index (χ0) is 25.0. The zero-order valence-electron chi connectivity index (χ0n) is 19.9. The normalized spacial score (nSPS) is 19.0. The minimum Gasteiger partial charge on any atom is -0.469 e. The van der Waals surface area contributed by atoms with Crippen molar-refractivity contribution in [1.29, 1.82) is 0 Å². The first-order valence-corrected chi connectivity index (χ1v) is 11.1. The molecule has 0 radical (unpaired) electrons. The standard InChI is InChI=1S/C25H31N3O6/c1-15-17(10-11-33-15)23(31)27-18(13-25(2,3)12-16-8-6-5-7-9-16)24(32)28(4)20-19(29)14-34-21(20)22(26)30/h5-11,18,20-21H,12-14H2,1-4H3,(H2,26,30)(H,27,31)/t18-,20?,21?/m0/s1. The number of nitrogens with one attached hydrogen (secondary N) is 1. The first-order valence-electron chi connectivity index (χ1n) is 11.1. The van der Waals surface area contributed by atoms with Crippen LogP contribution in [0.25, 0.3) is 0 Å². The maximum absolute atomic E-state index is 13.6. The summed E-state index contributed by atoms with van der Waals surface area (Å²) in [6.45, 7) is 5.36. The second-order valence-electron chi connectivity index (χ2n) is 9.44. The minimum absolute atomic E-state index is 0.288. The SMILES string of the molecule is Cc1occc1C(=O)N[C@@H](CC(C)(C)Cc1ccccc1)C(=O)N(C)C1C(=O)COC1C(N)=O. The van der Waals surface area contributed by atoms with E-state index in [2.05, 4.69) is 5.32 Å². The van der Waals surface area contributed by atoms with Crippen LogP contribution < -0.4 is 11.1 Å². The minimum atomic E-state index is -1.23. The van der Waals surface area contributed by atoms with Gasteiger partial charge in [0.2, 0.25) is 11.8 Å². The van der Waals surface area contributed by atoms with E-state index in [9.17, 15) is 19.2 Å². The third-order valence-electron chi connectivity index (χ3n) is 6.06. The lowest BCUT2D eigenvalue weighted by Crippen LogP contribution is -2.56. The molecule has 182 valence electrons. The molecule has 0 saturated carbocycles. The number of carbonyl (C=O) groups excluding carboxylic acids is 4. The molecule has 2 unspecified atom stereocenters. The van der Waals surface area contributed by atoms with Gasteiger partial charge in [-0.05, 0) is 36.8 Å². The molecule has 1 aliphatic heterocycles. The van der Waals surface area contributed by atoms with E-state index < -0.39 is 41.7 Å². The predicted octanol–water partition coefficient (Wildman–Crippen LogP) is 1.63. The summed E-state index contributed by atoms with van der Waals surface area (Å²) in [4.78, 5) is 51.9. The molecule has 0 aliphatic carbocycles. The lowest BCUT2D eigenvalue weighted by molar-refractivity contribution is -0.141. The fraction of sp³-hybridized carbons (Fsp3) is 0.440. The fourth-order valence-corrected chi connectivity index (χ4v) is 4.39. The van der Waals surface area contributed by atoms with E-state index >= 15 is 0 Å². The molecule has 34 heavy (non-hydrogen) atoms. The fourth-order valence-electron chi connectivity index (χ4n) is 4.39. The van der Waals surface area contributed by atoms with Crippen LogP contribution in [0.3, 0.4) is 0 Å². The van der Waals surface area contributed by atoms with Crippen molar-refractivity contribution < 1.29 is 28.3 Å². The predicted molar refractivity (Wildman–Crippen MR) is 124 cm³/mol. The van der Waals surface area contributed by atoms with Gasteiger partial charge in [0.25, 0.3) is 5.91 Å². The van der Waals surface area contributed by atoms with Gasteiger partial charge >= 0.3 is 0 Å². The molecule has 1 aromatic carbocycles. The quantitative estimate of drug-likeness (QED) is 0.574. The van der Waals surface area contributed by atoms with Crippen molar-refractivity contribution in [3.8, 4) is 0 Å². The number of Topliss-reactive ketones (excluding diaryl/α,β-unsaturated/α-hetero) is 1. The third-order valence-corrected chi connectivity index (χ3v) is 6.06. The Morgan fingerprint density at radius 2 is 1.88 bits per heavy atom. The second kappa shape index (κ2) is 10.2. The Hall–Kier alpha value is -3.46. The highest BCUT2D eigenvalue weighted by molar-refractivity contribution is 6.01. The van der Waals surface area contributed by atoms with E-state index in [1.165, 1.54) is 19.4 Å². The number of rotatable bonds is 9. The number of hydrogen-bond donors (Lipinski definition) is 2. The van der Waals surface area contributed by atoms with E-state index in [1.54, 1.807) is 6.92 Å². The van der Waals surface area contributed by atoms with Gasteiger partial charge in [-0.1, -0.05) is 44.2 Å². The summed E-state index contributed by atoms with van der Waals surface area (Å²) in [6.07, 6.45) is 1.12. The summed E-state index contributed by atoms with van der Waals surface area (Å²) >= 11 is 0. The monoisotopic (exact) mass is 469 g/mol. The topological polar surface area (TPSA) is 132 Å². The van der Waals surface area contributed by atoms with E-state index in [0.717, 1.165) is 10.5 Å². The van der Waals surface area contributed by atoms with Crippen molar-refractivity contribution >= 4 is 23.5 Å². The van der Waals surface area contributed by atoms with Gasteiger partial charge in [0, 0.05) is 7.05 Å². The van der Waals surface area contributed by atoms with Crippen LogP contribution in [0.1, 0.15) is 41.9 Å². The van der Waals surface area contributed by atoms with E-state index in [0.29, 0.717) is 17.7 Å². The van der Waals surface area contributed by atoms with Crippen LogP contribution >= 0.6 is 0 Å². The molecule has 9 heteroatoms. The highest BCUT2D eigenvalue weighted by atomic mass is 16.5. The van der Waals surface area contributed by atoms with Crippen LogP contribution in [0.2, 0.25) is 0 Å². The van der Waals surface area contributed by atoms with Gasteiger partial charge in [0.15, 0.2) is 11.9 Å². The largest absolute Gasteiger partial charge is 0.469 e. The number of carbonyl (C=O) groups is 4. The zero-order valence-corrected chi connectivity index (χ0v) is 19.9. The van der Waals surface area contributed by atoms with Gasteiger partial charge in [-0.3, -0.25) is 19.2 Å². The van der Waals surface area contributed by atoms with Crippen molar-refractivity contribution in [3.63, 3.8) is 0 Å². The molecule has 9 nitrogen and oxygen atoms in total. The Balaban J connectivity index is 1.86. The van der Waals surface area contributed by atoms with Crippen molar-refractivity contribution in [1.82, 2.24) is 10.2 Å². The summed E-state index contributed by atoms with van der Waals surface area (Å²) in [5.41, 5.74) is 6.40. The van der Waals surface area contributed by atoms with Crippen LogP contribution in [0.5, 0.6) is 0 Å². The number of primary amides is 1. The van der Waals surface area contributed by atoms with Crippen LogP contribution in [-0.2, 0) is 25.5 Å². The maximum Gasteiger partial charge on any atom is 0.255 e. The molecule has 3 N–H and O–H groups in total. The van der Waals surface area contributed by atoms with E-state index in [1.807, 2.05) is 44.2 Å². The van der Waals surface area contributed by atoms with Crippen LogP contribution in [0.4, 0.5) is 0 Å². The van der Waals surface area contributed by atoms with Crippen molar-refractivity contribution in [3.05, 3.63) is 59.5 Å². The Morgan fingerprint density at radius 3 is 2.47 bits per heavy atom. The molecule has 2 aromatic rings. The Morgan fingerprint density at radius 1 is 1.21 bits per heavy atom. The molecule has 1 aromatic heterocycles. The Bertz CT molecular complexity index is 1060. The van der Waals surface area contributed by atoms with E-state index in [-0.39, 0.29) is 18.4 Å². The third kappa shape index (κ3) is 5.72. The number of nitrogens with zero attached hydrogens (tertiary/aromatic N) is 1. The van der Waals surface area contributed by atoms with Crippen molar-refractivity contribution in [2.45, 2.75) is 51.8 Å². The summed E-state index contributed by atoms with van der Waals surface area (Å²) < 4.78 is 10.4. The van der Waals surface area contributed by atoms with Crippen molar-refractivity contribution in [2.24, 2.45) is 11.1 Å². The molecule has 1 aliphatic rings. The number of benzene rings is 1. The summed E-state index contributed by atoms with van der Waals surface area (Å²) in [7, 11) is 1.42. The summed E-state index contributed by atoms with van der Waals surface area (Å²) in [6, 6.07) is 9.25. The highest BCUT2D eigenvalue weighted by Gasteiger charge is 2.45. The van der Waals surface area contributed by atoms with Gasteiger partial charge in [0.05, 0.1) is 11.8 Å². The lowest BCUT2D eigenvalue weighted by Gasteiger charge is -2.34. The average molecular weight is 470 g/mol. The maximum atomic E-state index is 13.6. The Kier molecular flexibility index (Phi) is 7.56. The first-order chi connectivity index (χ1) is 16.0. The van der Waals surface area contributed by atoms with Crippen LogP contribution in [0.15, 0.2) is 47.1 Å². The highest BCUT2D eigenvalue weighted by Crippen LogP contribution is 2.29. The number of furan rings is 1. The summed E-state index contributed by atoms with van der Waals surface area (Å²) in [5, 5.41) is 2.81. The smallest absolute Gasteiger partial charge is 0.255 e.